The normalized spacial score (nSPS) is 17.5. The highest BCUT2D eigenvalue weighted by Crippen LogP contribution is 2.26. The van der Waals surface area contributed by atoms with E-state index in [1.807, 2.05) is 4.68 Å². The first-order valence-electron chi connectivity index (χ1n) is 9.35. The molecule has 3 heterocycles. The Bertz CT molecular complexity index is 901. The topological polar surface area (TPSA) is 61.0 Å². The first-order valence-corrected chi connectivity index (χ1v) is 9.35. The highest BCUT2D eigenvalue weighted by molar-refractivity contribution is 5.37. The van der Waals surface area contributed by atoms with E-state index in [2.05, 4.69) is 62.9 Å². The number of hydrogen-bond acceptors (Lipinski definition) is 5. The van der Waals surface area contributed by atoms with Gasteiger partial charge in [-0.25, -0.2) is 9.67 Å². The molecule has 0 unspecified atom stereocenters. The molecule has 2 aromatic heterocycles. The second kappa shape index (κ2) is 7.52. The van der Waals surface area contributed by atoms with Crippen molar-refractivity contribution < 1.29 is 4.74 Å². The molecule has 0 saturated carbocycles. The number of rotatable bonds is 6. The molecule has 4 rings (SSSR count). The van der Waals surface area contributed by atoms with Crippen LogP contribution in [0.15, 0.2) is 36.9 Å². The average molecular weight is 366 g/mol. The van der Waals surface area contributed by atoms with E-state index >= 15 is 0 Å². The van der Waals surface area contributed by atoms with Crippen LogP contribution in [0.1, 0.15) is 35.0 Å². The van der Waals surface area contributed by atoms with Crippen molar-refractivity contribution in [3.8, 4) is 5.75 Å². The second-order valence-electron chi connectivity index (χ2n) is 7.29. The Morgan fingerprint density at radius 2 is 2.07 bits per heavy atom. The lowest BCUT2D eigenvalue weighted by atomic mass is 10.1. The SMILES string of the molecule is COc1ccc(CN2CC[C@@H](n3nc(C)cc3C)C2)cc1Cn1cncn1. The average Bonchev–Trinajstić information content (AvgIpc) is 3.37. The fourth-order valence-corrected chi connectivity index (χ4v) is 3.97. The summed E-state index contributed by atoms with van der Waals surface area (Å²) in [4.78, 5) is 6.52. The van der Waals surface area contributed by atoms with Crippen molar-refractivity contribution >= 4 is 0 Å². The number of ether oxygens (including phenoxy) is 1. The maximum Gasteiger partial charge on any atom is 0.137 e. The van der Waals surface area contributed by atoms with Crippen LogP contribution in [0.25, 0.3) is 0 Å². The van der Waals surface area contributed by atoms with Gasteiger partial charge in [0.25, 0.3) is 0 Å². The maximum absolute atomic E-state index is 5.52. The van der Waals surface area contributed by atoms with Gasteiger partial charge in [0.1, 0.15) is 18.4 Å². The van der Waals surface area contributed by atoms with Crippen LogP contribution < -0.4 is 4.74 Å². The molecule has 1 saturated heterocycles. The first kappa shape index (κ1) is 17.7. The summed E-state index contributed by atoms with van der Waals surface area (Å²) in [5.41, 5.74) is 4.76. The molecule has 0 spiro atoms. The molecule has 0 radical (unpaired) electrons. The minimum Gasteiger partial charge on any atom is -0.496 e. The third-order valence-electron chi connectivity index (χ3n) is 5.19. The summed E-state index contributed by atoms with van der Waals surface area (Å²) in [5.74, 6) is 0.885. The molecule has 7 nitrogen and oxygen atoms in total. The van der Waals surface area contributed by atoms with Crippen molar-refractivity contribution in [2.75, 3.05) is 20.2 Å². The standard InChI is InChI=1S/C20H26N6O/c1-15-8-16(2)26(23-15)19-6-7-24(12-19)10-17-4-5-20(27-3)18(9-17)11-25-14-21-13-22-25/h4-5,8-9,13-14,19H,6-7,10-12H2,1-3H3/t19-/m1/s1. The highest BCUT2D eigenvalue weighted by Gasteiger charge is 2.25. The van der Waals surface area contributed by atoms with Crippen LogP contribution in [0.5, 0.6) is 5.75 Å². The Hall–Kier alpha value is -2.67. The lowest BCUT2D eigenvalue weighted by Gasteiger charge is -2.18. The van der Waals surface area contributed by atoms with Gasteiger partial charge in [-0.15, -0.1) is 0 Å². The van der Waals surface area contributed by atoms with Gasteiger partial charge in [-0.1, -0.05) is 6.07 Å². The molecule has 1 aliphatic rings. The maximum atomic E-state index is 5.52. The molecule has 0 aliphatic carbocycles. The Labute approximate surface area is 159 Å². The van der Waals surface area contributed by atoms with Crippen molar-refractivity contribution in [2.24, 2.45) is 0 Å². The fourth-order valence-electron chi connectivity index (χ4n) is 3.97. The monoisotopic (exact) mass is 366 g/mol. The van der Waals surface area contributed by atoms with Gasteiger partial charge in [0.05, 0.1) is 25.4 Å². The van der Waals surface area contributed by atoms with E-state index in [1.165, 1.54) is 11.3 Å². The first-order chi connectivity index (χ1) is 13.1. The molecule has 142 valence electrons. The predicted molar refractivity (Wildman–Crippen MR) is 103 cm³/mol. The number of likely N-dealkylation sites (tertiary alicyclic amines) is 1. The Balaban J connectivity index is 1.46. The van der Waals surface area contributed by atoms with Crippen molar-refractivity contribution in [2.45, 2.75) is 39.4 Å². The molecule has 1 aliphatic heterocycles. The van der Waals surface area contributed by atoms with Crippen molar-refractivity contribution in [3.05, 3.63) is 59.4 Å². The minimum absolute atomic E-state index is 0.464. The van der Waals surface area contributed by atoms with Crippen LogP contribution >= 0.6 is 0 Å². The zero-order chi connectivity index (χ0) is 18.8. The van der Waals surface area contributed by atoms with E-state index in [0.717, 1.165) is 43.1 Å². The van der Waals surface area contributed by atoms with E-state index < -0.39 is 0 Å². The Morgan fingerprint density at radius 3 is 2.78 bits per heavy atom. The van der Waals surface area contributed by atoms with E-state index in [9.17, 15) is 0 Å². The van der Waals surface area contributed by atoms with Crippen LogP contribution in [-0.4, -0.2) is 49.6 Å². The zero-order valence-corrected chi connectivity index (χ0v) is 16.2. The number of methoxy groups -OCH3 is 1. The van der Waals surface area contributed by atoms with Crippen molar-refractivity contribution in [1.82, 2.24) is 29.4 Å². The van der Waals surface area contributed by atoms with Crippen LogP contribution in [0, 0.1) is 13.8 Å². The van der Waals surface area contributed by atoms with Gasteiger partial charge in [0.2, 0.25) is 0 Å². The summed E-state index contributed by atoms with van der Waals surface area (Å²) in [7, 11) is 1.71. The molecule has 0 amide bonds. The molecule has 1 fully saturated rings. The van der Waals surface area contributed by atoms with Gasteiger partial charge in [-0.2, -0.15) is 10.2 Å². The van der Waals surface area contributed by atoms with E-state index in [1.54, 1.807) is 19.8 Å². The minimum atomic E-state index is 0.464. The highest BCUT2D eigenvalue weighted by atomic mass is 16.5. The quantitative estimate of drug-likeness (QED) is 0.671. The molecule has 1 aromatic carbocycles. The molecule has 27 heavy (non-hydrogen) atoms. The van der Waals surface area contributed by atoms with E-state index in [0.29, 0.717) is 12.6 Å². The molecule has 0 N–H and O–H groups in total. The molecule has 3 aromatic rings. The summed E-state index contributed by atoms with van der Waals surface area (Å²) in [6, 6.07) is 9.04. The van der Waals surface area contributed by atoms with Crippen LogP contribution in [0.4, 0.5) is 0 Å². The second-order valence-corrected chi connectivity index (χ2v) is 7.29. The number of aryl methyl sites for hydroxylation is 2. The number of aromatic nitrogens is 5. The third-order valence-corrected chi connectivity index (χ3v) is 5.19. The van der Waals surface area contributed by atoms with Crippen molar-refractivity contribution in [3.63, 3.8) is 0 Å². The van der Waals surface area contributed by atoms with Crippen LogP contribution in [0.2, 0.25) is 0 Å². The molecule has 7 heteroatoms. The molecular formula is C20H26N6O. The van der Waals surface area contributed by atoms with Gasteiger partial charge in [-0.05, 0) is 44.0 Å². The van der Waals surface area contributed by atoms with Gasteiger partial charge in [-0.3, -0.25) is 9.58 Å². The van der Waals surface area contributed by atoms with Crippen LogP contribution in [0.3, 0.4) is 0 Å². The van der Waals surface area contributed by atoms with E-state index in [4.69, 9.17) is 4.74 Å². The van der Waals surface area contributed by atoms with Crippen LogP contribution in [-0.2, 0) is 13.1 Å². The number of hydrogen-bond donors (Lipinski definition) is 0. The summed E-state index contributed by atoms with van der Waals surface area (Å²) in [6.45, 7) is 7.92. The summed E-state index contributed by atoms with van der Waals surface area (Å²) in [6.07, 6.45) is 4.43. The number of nitrogens with zero attached hydrogens (tertiary/aromatic N) is 6. The summed E-state index contributed by atoms with van der Waals surface area (Å²) in [5, 5.41) is 8.87. The van der Waals surface area contributed by atoms with Gasteiger partial charge in [0, 0.05) is 30.9 Å². The Morgan fingerprint density at radius 1 is 1.19 bits per heavy atom. The molecular weight excluding hydrogens is 340 g/mol. The lowest BCUT2D eigenvalue weighted by Crippen LogP contribution is -2.22. The zero-order valence-electron chi connectivity index (χ0n) is 16.2. The number of benzene rings is 1. The third kappa shape index (κ3) is 3.88. The van der Waals surface area contributed by atoms with Gasteiger partial charge in [0.15, 0.2) is 0 Å². The smallest absolute Gasteiger partial charge is 0.137 e. The van der Waals surface area contributed by atoms with Crippen molar-refractivity contribution in [1.29, 1.82) is 0 Å². The summed E-state index contributed by atoms with van der Waals surface area (Å²) >= 11 is 0. The largest absolute Gasteiger partial charge is 0.496 e. The Kier molecular flexibility index (Phi) is 4.94. The fraction of sp³-hybridized carbons (Fsp3) is 0.450. The molecule has 0 bridgehead atoms. The lowest BCUT2D eigenvalue weighted by molar-refractivity contribution is 0.310. The molecule has 1 atom stereocenters. The van der Waals surface area contributed by atoms with E-state index in [-0.39, 0.29) is 0 Å². The predicted octanol–water partition coefficient (Wildman–Crippen LogP) is 2.60. The summed E-state index contributed by atoms with van der Waals surface area (Å²) < 4.78 is 9.53. The van der Waals surface area contributed by atoms with Gasteiger partial charge >= 0.3 is 0 Å². The van der Waals surface area contributed by atoms with Gasteiger partial charge < -0.3 is 4.74 Å².